The Morgan fingerprint density at radius 2 is 1.16 bits per heavy atom. The van der Waals surface area contributed by atoms with E-state index in [1.165, 1.54) is 10.9 Å². The molecule has 0 N–H and O–H groups in total. The molecule has 5 aromatic carbocycles. The molecular weight excluding hydrogens is 615 g/mol. The molecule has 0 spiro atoms. The average molecular weight is 648 g/mol. The molecule has 0 saturated carbocycles. The lowest BCUT2D eigenvalue weighted by Gasteiger charge is -2.20. The Hall–Kier alpha value is -6.47. The van der Waals surface area contributed by atoms with E-state index < -0.39 is 0 Å². The Kier molecular flexibility index (Phi) is 6.88. The highest BCUT2D eigenvalue weighted by molar-refractivity contribution is 6.10. The minimum Gasteiger partial charge on any atom is -0.299 e. The van der Waals surface area contributed by atoms with Crippen molar-refractivity contribution in [1.82, 2.24) is 34.1 Å². The molecule has 240 valence electrons. The maximum absolute atomic E-state index is 5.12. The highest BCUT2D eigenvalue weighted by Crippen LogP contribution is 2.35. The van der Waals surface area contributed by atoms with Crippen LogP contribution in [0, 0.1) is 0 Å². The monoisotopic (exact) mass is 647 g/mol. The standard InChI is InChI=1S/C43H33N7/c1-43(2,3)31-22-23-44-39(26-31)50-36-18-9-7-16-33(36)34-21-20-30(25-38(34)50)42-47-40(28-12-5-4-6-13-28)46-41(48-42)29-14-11-15-32(24-29)49-27-45-35-17-8-10-19-37(35)49/h4-27H,1-3H3. The van der Waals surface area contributed by atoms with Crippen LogP contribution >= 0.6 is 0 Å². The lowest BCUT2D eigenvalue weighted by molar-refractivity contribution is 0.588. The first-order valence-electron chi connectivity index (χ1n) is 16.8. The SMILES string of the molecule is CC(C)(C)c1ccnc(-n2c3ccccc3c3ccc(-c4nc(-c5ccccc5)nc(-c5cccc(-n6cnc7ccccc76)c5)n4)cc32)c1. The van der Waals surface area contributed by atoms with Crippen LogP contribution in [-0.4, -0.2) is 34.1 Å². The Labute approximate surface area is 289 Å². The number of hydrogen-bond acceptors (Lipinski definition) is 5. The third-order valence-corrected chi connectivity index (χ3v) is 9.28. The van der Waals surface area contributed by atoms with Crippen molar-refractivity contribution in [3.63, 3.8) is 0 Å². The van der Waals surface area contributed by atoms with Crippen molar-refractivity contribution in [1.29, 1.82) is 0 Å². The van der Waals surface area contributed by atoms with Crippen LogP contribution in [0.1, 0.15) is 26.3 Å². The first-order valence-corrected chi connectivity index (χ1v) is 16.8. The Balaban J connectivity index is 1.24. The molecule has 7 nitrogen and oxygen atoms in total. The number of nitrogens with zero attached hydrogens (tertiary/aromatic N) is 7. The predicted molar refractivity (Wildman–Crippen MR) is 202 cm³/mol. The number of aromatic nitrogens is 7. The largest absolute Gasteiger partial charge is 0.299 e. The molecule has 0 fully saturated rings. The molecule has 7 heteroatoms. The van der Waals surface area contributed by atoms with E-state index in [-0.39, 0.29) is 5.41 Å². The quantitative estimate of drug-likeness (QED) is 0.186. The summed E-state index contributed by atoms with van der Waals surface area (Å²) in [7, 11) is 0. The first-order chi connectivity index (χ1) is 24.4. The zero-order valence-electron chi connectivity index (χ0n) is 28.0. The van der Waals surface area contributed by atoms with Gasteiger partial charge in [-0.05, 0) is 59.5 Å². The van der Waals surface area contributed by atoms with Crippen molar-refractivity contribution in [2.24, 2.45) is 0 Å². The molecule has 0 saturated heterocycles. The molecule has 9 aromatic rings. The van der Waals surface area contributed by atoms with Crippen molar-refractivity contribution in [2.45, 2.75) is 26.2 Å². The van der Waals surface area contributed by atoms with Gasteiger partial charge in [-0.1, -0.05) is 106 Å². The van der Waals surface area contributed by atoms with Crippen LogP contribution in [0.15, 0.2) is 146 Å². The molecule has 0 aliphatic heterocycles. The maximum atomic E-state index is 5.12. The zero-order chi connectivity index (χ0) is 33.8. The van der Waals surface area contributed by atoms with Crippen molar-refractivity contribution in [3.05, 3.63) is 152 Å². The number of benzene rings is 5. The molecule has 50 heavy (non-hydrogen) atoms. The van der Waals surface area contributed by atoms with E-state index in [9.17, 15) is 0 Å². The summed E-state index contributed by atoms with van der Waals surface area (Å²) in [6, 6.07) is 45.7. The second-order valence-electron chi connectivity index (χ2n) is 13.6. The summed E-state index contributed by atoms with van der Waals surface area (Å²) in [5, 5.41) is 2.31. The van der Waals surface area contributed by atoms with Crippen LogP contribution in [0.3, 0.4) is 0 Å². The topological polar surface area (TPSA) is 74.3 Å². The average Bonchev–Trinajstić information content (AvgIpc) is 3.74. The van der Waals surface area contributed by atoms with E-state index in [2.05, 4.69) is 108 Å². The number of pyridine rings is 1. The van der Waals surface area contributed by atoms with Gasteiger partial charge < -0.3 is 0 Å². The van der Waals surface area contributed by atoms with E-state index >= 15 is 0 Å². The third kappa shape index (κ3) is 5.11. The first kappa shape index (κ1) is 29.7. The Bertz CT molecular complexity index is 2700. The van der Waals surface area contributed by atoms with Gasteiger partial charge >= 0.3 is 0 Å². The van der Waals surface area contributed by atoms with Crippen molar-refractivity contribution in [2.75, 3.05) is 0 Å². The highest BCUT2D eigenvalue weighted by Gasteiger charge is 2.19. The summed E-state index contributed by atoms with van der Waals surface area (Å²) < 4.78 is 4.34. The highest BCUT2D eigenvalue weighted by atomic mass is 15.1. The number of imidazole rings is 1. The molecule has 0 radical (unpaired) electrons. The number of fused-ring (bicyclic) bond motifs is 4. The zero-order valence-corrected chi connectivity index (χ0v) is 28.0. The van der Waals surface area contributed by atoms with Gasteiger partial charge in [-0.2, -0.15) is 0 Å². The fourth-order valence-electron chi connectivity index (χ4n) is 6.67. The molecular formula is C43H33N7. The van der Waals surface area contributed by atoms with Crippen LogP contribution < -0.4 is 0 Å². The van der Waals surface area contributed by atoms with Gasteiger partial charge in [0.1, 0.15) is 12.1 Å². The molecule has 0 bridgehead atoms. The molecule has 0 atom stereocenters. The van der Waals surface area contributed by atoms with Crippen LogP contribution in [0.25, 0.3) is 78.5 Å². The molecule has 4 aromatic heterocycles. The summed E-state index contributed by atoms with van der Waals surface area (Å²) in [5.74, 6) is 2.69. The minimum absolute atomic E-state index is 0.0149. The third-order valence-electron chi connectivity index (χ3n) is 9.28. The summed E-state index contributed by atoms with van der Waals surface area (Å²) in [6.45, 7) is 6.68. The second-order valence-corrected chi connectivity index (χ2v) is 13.6. The fourth-order valence-corrected chi connectivity index (χ4v) is 6.67. The number of hydrogen-bond donors (Lipinski definition) is 0. The van der Waals surface area contributed by atoms with Gasteiger partial charge in [0.2, 0.25) is 0 Å². The van der Waals surface area contributed by atoms with Crippen LogP contribution in [0.5, 0.6) is 0 Å². The molecule has 9 rings (SSSR count). The van der Waals surface area contributed by atoms with Gasteiger partial charge in [-0.3, -0.25) is 9.13 Å². The van der Waals surface area contributed by atoms with E-state index in [1.807, 2.05) is 73.2 Å². The fraction of sp³-hybridized carbons (Fsp3) is 0.0930. The summed E-state index contributed by atoms with van der Waals surface area (Å²) in [5.41, 5.74) is 9.03. The summed E-state index contributed by atoms with van der Waals surface area (Å²) in [4.78, 5) is 24.7. The van der Waals surface area contributed by atoms with Gasteiger partial charge in [0.25, 0.3) is 0 Å². The van der Waals surface area contributed by atoms with Gasteiger partial charge in [0, 0.05) is 39.3 Å². The lowest BCUT2D eigenvalue weighted by atomic mass is 9.88. The smallest absolute Gasteiger partial charge is 0.164 e. The molecule has 0 amide bonds. The Morgan fingerprint density at radius 3 is 1.96 bits per heavy atom. The normalized spacial score (nSPS) is 11.9. The van der Waals surface area contributed by atoms with Crippen LogP contribution in [-0.2, 0) is 5.41 Å². The van der Waals surface area contributed by atoms with Gasteiger partial charge in [0.15, 0.2) is 17.5 Å². The maximum Gasteiger partial charge on any atom is 0.164 e. The number of para-hydroxylation sites is 3. The summed E-state index contributed by atoms with van der Waals surface area (Å²) in [6.07, 6.45) is 3.77. The van der Waals surface area contributed by atoms with Crippen molar-refractivity contribution >= 4 is 32.8 Å². The van der Waals surface area contributed by atoms with Crippen LogP contribution in [0.4, 0.5) is 0 Å². The van der Waals surface area contributed by atoms with E-state index in [4.69, 9.17) is 19.9 Å². The molecule has 4 heterocycles. The van der Waals surface area contributed by atoms with Crippen molar-refractivity contribution in [3.8, 4) is 45.7 Å². The van der Waals surface area contributed by atoms with E-state index in [0.717, 1.165) is 55.6 Å². The lowest BCUT2D eigenvalue weighted by Crippen LogP contribution is -2.12. The predicted octanol–water partition coefficient (Wildman–Crippen LogP) is 10.0. The number of rotatable bonds is 5. The minimum atomic E-state index is -0.0149. The summed E-state index contributed by atoms with van der Waals surface area (Å²) >= 11 is 0. The molecule has 0 aliphatic carbocycles. The van der Waals surface area contributed by atoms with E-state index in [0.29, 0.717) is 17.5 Å². The van der Waals surface area contributed by atoms with Gasteiger partial charge in [-0.15, -0.1) is 0 Å². The van der Waals surface area contributed by atoms with Crippen molar-refractivity contribution < 1.29 is 0 Å². The molecule has 0 aliphatic rings. The Morgan fingerprint density at radius 1 is 0.500 bits per heavy atom. The van der Waals surface area contributed by atoms with Gasteiger partial charge in [-0.25, -0.2) is 24.9 Å². The van der Waals surface area contributed by atoms with E-state index in [1.54, 1.807) is 0 Å². The van der Waals surface area contributed by atoms with Crippen LogP contribution in [0.2, 0.25) is 0 Å². The second kappa shape index (κ2) is 11.6. The van der Waals surface area contributed by atoms with Gasteiger partial charge in [0.05, 0.1) is 22.1 Å². The molecule has 0 unspecified atom stereocenters.